The van der Waals surface area contributed by atoms with Crippen LogP contribution in [0.15, 0.2) is 29.1 Å². The van der Waals surface area contributed by atoms with E-state index in [2.05, 4.69) is 9.97 Å². The molecular weight excluding hydrogens is 380 g/mol. The Labute approximate surface area is 175 Å². The summed E-state index contributed by atoms with van der Waals surface area (Å²) in [5.41, 5.74) is 3.37. The number of anilines is 1. The number of hydrogen-bond donors (Lipinski definition) is 1. The number of benzene rings is 1. The van der Waals surface area contributed by atoms with E-state index in [1.807, 2.05) is 36.1 Å². The summed E-state index contributed by atoms with van der Waals surface area (Å²) in [7, 11) is 0. The smallest absolute Gasteiger partial charge is 0.254 e. The molecule has 156 valence electrons. The Hall–Kier alpha value is -2.96. The van der Waals surface area contributed by atoms with Crippen LogP contribution in [0, 0.1) is 19.8 Å². The Bertz CT molecular complexity index is 1090. The van der Waals surface area contributed by atoms with Gasteiger partial charge < -0.3 is 14.8 Å². The number of carbonyl (C=O) groups excluding carboxylic acids is 2. The number of aromatic nitrogens is 2. The van der Waals surface area contributed by atoms with E-state index in [4.69, 9.17) is 0 Å². The minimum atomic E-state index is -0.339. The van der Waals surface area contributed by atoms with Gasteiger partial charge in [-0.05, 0) is 38.3 Å². The van der Waals surface area contributed by atoms with Crippen LogP contribution in [0.25, 0.3) is 0 Å². The number of carbonyl (C=O) groups is 2. The third-order valence-corrected chi connectivity index (χ3v) is 6.84. The molecule has 2 bridgehead atoms. The van der Waals surface area contributed by atoms with Crippen molar-refractivity contribution in [3.8, 4) is 0 Å². The molecule has 2 saturated heterocycles. The third kappa shape index (κ3) is 3.04. The molecule has 5 rings (SSSR count). The van der Waals surface area contributed by atoms with E-state index in [1.54, 1.807) is 11.8 Å². The largest absolute Gasteiger partial charge is 0.336 e. The van der Waals surface area contributed by atoms with Crippen molar-refractivity contribution >= 4 is 17.5 Å². The van der Waals surface area contributed by atoms with E-state index in [0.29, 0.717) is 25.2 Å². The monoisotopic (exact) mass is 406 g/mol. The number of aromatic amines is 1. The van der Waals surface area contributed by atoms with Gasteiger partial charge in [0.05, 0.1) is 11.6 Å². The zero-order valence-electron chi connectivity index (χ0n) is 17.4. The van der Waals surface area contributed by atoms with Crippen molar-refractivity contribution in [1.29, 1.82) is 0 Å². The van der Waals surface area contributed by atoms with Gasteiger partial charge in [0, 0.05) is 49.1 Å². The summed E-state index contributed by atoms with van der Waals surface area (Å²) in [5, 5.41) is 0. The first-order chi connectivity index (χ1) is 14.4. The third-order valence-electron chi connectivity index (χ3n) is 6.84. The van der Waals surface area contributed by atoms with Gasteiger partial charge >= 0.3 is 0 Å². The zero-order valence-corrected chi connectivity index (χ0v) is 17.4. The van der Waals surface area contributed by atoms with Crippen molar-refractivity contribution in [1.82, 2.24) is 14.9 Å². The molecule has 0 radical (unpaired) electrons. The van der Waals surface area contributed by atoms with Gasteiger partial charge in [0.2, 0.25) is 11.8 Å². The molecule has 3 aliphatic rings. The molecule has 0 spiro atoms. The highest BCUT2D eigenvalue weighted by Gasteiger charge is 2.45. The Morgan fingerprint density at radius 2 is 1.80 bits per heavy atom. The van der Waals surface area contributed by atoms with Crippen LogP contribution in [-0.2, 0) is 22.4 Å². The molecule has 1 aromatic carbocycles. The fourth-order valence-corrected chi connectivity index (χ4v) is 5.41. The van der Waals surface area contributed by atoms with Crippen LogP contribution in [0.3, 0.4) is 0 Å². The summed E-state index contributed by atoms with van der Waals surface area (Å²) in [5.74, 6) is 0.328. The first-order valence-electron chi connectivity index (χ1n) is 10.7. The number of para-hydroxylation sites is 1. The summed E-state index contributed by atoms with van der Waals surface area (Å²) < 4.78 is 0. The highest BCUT2D eigenvalue weighted by Crippen LogP contribution is 2.36. The number of fused-ring (bicyclic) bond motifs is 3. The zero-order chi connectivity index (χ0) is 21.0. The molecule has 7 nitrogen and oxygen atoms in total. The Morgan fingerprint density at radius 1 is 1.07 bits per heavy atom. The molecule has 3 unspecified atom stereocenters. The molecule has 1 aromatic heterocycles. The fourth-order valence-electron chi connectivity index (χ4n) is 5.41. The maximum atomic E-state index is 13.6. The molecular formula is C23H26N4O3. The summed E-state index contributed by atoms with van der Waals surface area (Å²) in [4.78, 5) is 49.9. The van der Waals surface area contributed by atoms with Gasteiger partial charge in [-0.2, -0.15) is 0 Å². The van der Waals surface area contributed by atoms with Gasteiger partial charge in [0.25, 0.3) is 5.56 Å². The first kappa shape index (κ1) is 19.0. The standard InChI is InChI=1S/C23H26N4O3/c1-13-5-3-4-6-20(13)26-12-15(9-21(26)28)23(30)27-16-7-8-17(27)11-19-18(10-16)22(29)25-14(2)24-19/h3-6,15-17H,7-12H2,1-2H3,(H,24,25,29). The van der Waals surface area contributed by atoms with Crippen molar-refractivity contribution in [2.24, 2.45) is 5.92 Å². The molecule has 30 heavy (non-hydrogen) atoms. The second kappa shape index (κ2) is 7.07. The Morgan fingerprint density at radius 3 is 2.57 bits per heavy atom. The highest BCUT2D eigenvalue weighted by molar-refractivity contribution is 6.01. The lowest BCUT2D eigenvalue weighted by atomic mass is 9.98. The van der Waals surface area contributed by atoms with Crippen molar-refractivity contribution < 1.29 is 9.59 Å². The molecule has 2 amide bonds. The predicted octanol–water partition coefficient (Wildman–Crippen LogP) is 1.90. The number of nitrogens with one attached hydrogen (secondary N) is 1. The van der Waals surface area contributed by atoms with Crippen molar-refractivity contribution in [3.63, 3.8) is 0 Å². The Balaban J connectivity index is 1.40. The Kier molecular flexibility index (Phi) is 4.49. The van der Waals surface area contributed by atoms with Crippen LogP contribution >= 0.6 is 0 Å². The second-order valence-corrected chi connectivity index (χ2v) is 8.81. The van der Waals surface area contributed by atoms with Crippen LogP contribution in [0.5, 0.6) is 0 Å². The van der Waals surface area contributed by atoms with Crippen LogP contribution in [-0.4, -0.2) is 45.3 Å². The minimum absolute atomic E-state index is 0.00170. The van der Waals surface area contributed by atoms with Crippen LogP contribution in [0.1, 0.15) is 41.9 Å². The van der Waals surface area contributed by atoms with Crippen molar-refractivity contribution in [3.05, 3.63) is 57.3 Å². The maximum Gasteiger partial charge on any atom is 0.254 e. The highest BCUT2D eigenvalue weighted by atomic mass is 16.2. The van der Waals surface area contributed by atoms with Gasteiger partial charge in [-0.1, -0.05) is 18.2 Å². The van der Waals surface area contributed by atoms with Crippen molar-refractivity contribution in [2.75, 3.05) is 11.4 Å². The lowest BCUT2D eigenvalue weighted by Crippen LogP contribution is -2.45. The minimum Gasteiger partial charge on any atom is -0.336 e. The number of nitrogens with zero attached hydrogens (tertiary/aromatic N) is 3. The summed E-state index contributed by atoms with van der Waals surface area (Å²) in [6.45, 7) is 4.19. The van der Waals surface area contributed by atoms with E-state index in [1.165, 1.54) is 0 Å². The average Bonchev–Trinajstić information content (AvgIpc) is 3.22. The van der Waals surface area contributed by atoms with E-state index in [-0.39, 0.29) is 41.8 Å². The normalized spacial score (nSPS) is 25.4. The molecule has 3 aliphatic heterocycles. The van der Waals surface area contributed by atoms with Gasteiger partial charge in [-0.3, -0.25) is 14.4 Å². The molecule has 0 aliphatic carbocycles. The number of aryl methyl sites for hydroxylation is 2. The number of amides is 2. The van der Waals surface area contributed by atoms with Gasteiger partial charge in [-0.25, -0.2) is 4.98 Å². The first-order valence-corrected chi connectivity index (χ1v) is 10.7. The molecule has 1 N–H and O–H groups in total. The van der Waals surface area contributed by atoms with Gasteiger partial charge in [-0.15, -0.1) is 0 Å². The van der Waals surface area contributed by atoms with Crippen LogP contribution < -0.4 is 10.5 Å². The molecule has 2 aromatic rings. The lowest BCUT2D eigenvalue weighted by molar-refractivity contribution is -0.138. The summed E-state index contributed by atoms with van der Waals surface area (Å²) in [6.07, 6.45) is 3.22. The van der Waals surface area contributed by atoms with Gasteiger partial charge in [0.1, 0.15) is 5.82 Å². The average molecular weight is 406 g/mol. The second-order valence-electron chi connectivity index (χ2n) is 8.81. The van der Waals surface area contributed by atoms with E-state index >= 15 is 0 Å². The van der Waals surface area contributed by atoms with Crippen molar-refractivity contribution in [2.45, 2.75) is 58.0 Å². The quantitative estimate of drug-likeness (QED) is 0.825. The van der Waals surface area contributed by atoms with Crippen LogP contribution in [0.4, 0.5) is 5.69 Å². The summed E-state index contributed by atoms with van der Waals surface area (Å²) >= 11 is 0. The molecule has 3 atom stereocenters. The van der Waals surface area contributed by atoms with E-state index in [0.717, 1.165) is 35.3 Å². The number of H-pyrrole nitrogens is 1. The van der Waals surface area contributed by atoms with E-state index in [9.17, 15) is 14.4 Å². The molecule has 0 saturated carbocycles. The molecule has 7 heteroatoms. The molecule has 4 heterocycles. The predicted molar refractivity (Wildman–Crippen MR) is 112 cm³/mol. The SMILES string of the molecule is Cc1nc2c(c(=O)[nH]1)CC1CCC(C2)N1C(=O)C1CC(=O)N(c2ccccc2C)C1. The summed E-state index contributed by atoms with van der Waals surface area (Å²) in [6, 6.07) is 7.86. The van der Waals surface area contributed by atoms with Crippen LogP contribution in [0.2, 0.25) is 0 Å². The molecule has 2 fully saturated rings. The number of hydrogen-bond acceptors (Lipinski definition) is 4. The topological polar surface area (TPSA) is 86.4 Å². The van der Waals surface area contributed by atoms with Gasteiger partial charge in [0.15, 0.2) is 0 Å². The maximum absolute atomic E-state index is 13.6. The number of rotatable bonds is 2. The fraction of sp³-hybridized carbons (Fsp3) is 0.478. The lowest BCUT2D eigenvalue weighted by Gasteiger charge is -2.30. The van der Waals surface area contributed by atoms with E-state index < -0.39 is 0 Å².